The molecule has 168 valence electrons. The number of sulfonamides is 1. The molecule has 0 amide bonds. The highest BCUT2D eigenvalue weighted by Gasteiger charge is 2.21. The topological polar surface area (TPSA) is 101 Å². The number of ether oxygens (including phenoxy) is 1. The van der Waals surface area contributed by atoms with Crippen LogP contribution >= 0.6 is 0 Å². The molecule has 0 spiro atoms. The quantitative estimate of drug-likeness (QED) is 0.582. The van der Waals surface area contributed by atoms with Crippen molar-refractivity contribution in [1.29, 1.82) is 0 Å². The third-order valence-corrected chi connectivity index (χ3v) is 6.56. The molecule has 3 heterocycles. The van der Waals surface area contributed by atoms with Crippen molar-refractivity contribution in [1.82, 2.24) is 15.0 Å². The van der Waals surface area contributed by atoms with Crippen LogP contribution in [-0.2, 0) is 10.0 Å². The molecule has 1 aliphatic heterocycles. The SMILES string of the molecule is CCOc1ccc(S(=O)(=O)Nc2cnc(N3CCN(c4ccccn4)CC3)nc2)cc1C. The highest BCUT2D eigenvalue weighted by Crippen LogP contribution is 2.24. The molecule has 0 bridgehead atoms. The summed E-state index contributed by atoms with van der Waals surface area (Å²) in [5, 5.41) is 0. The average molecular weight is 455 g/mol. The molecule has 1 fully saturated rings. The Labute approximate surface area is 188 Å². The molecule has 0 unspecified atom stereocenters. The van der Waals surface area contributed by atoms with E-state index in [0.717, 1.165) is 37.6 Å². The third-order valence-electron chi connectivity index (χ3n) is 5.18. The fourth-order valence-corrected chi connectivity index (χ4v) is 4.65. The van der Waals surface area contributed by atoms with Gasteiger partial charge < -0.3 is 14.5 Å². The van der Waals surface area contributed by atoms with Crippen molar-refractivity contribution in [2.24, 2.45) is 0 Å². The Hall–Kier alpha value is -3.40. The molecule has 0 radical (unpaired) electrons. The van der Waals surface area contributed by atoms with Gasteiger partial charge in [0.15, 0.2) is 0 Å². The smallest absolute Gasteiger partial charge is 0.262 e. The molecular weight excluding hydrogens is 428 g/mol. The van der Waals surface area contributed by atoms with Gasteiger partial charge in [0.05, 0.1) is 29.6 Å². The van der Waals surface area contributed by atoms with Crippen molar-refractivity contribution in [2.75, 3.05) is 47.3 Å². The molecule has 9 nitrogen and oxygen atoms in total. The number of benzene rings is 1. The fourth-order valence-electron chi connectivity index (χ4n) is 3.53. The zero-order valence-corrected chi connectivity index (χ0v) is 18.9. The van der Waals surface area contributed by atoms with Crippen LogP contribution in [0.1, 0.15) is 12.5 Å². The van der Waals surface area contributed by atoms with Crippen LogP contribution in [0.3, 0.4) is 0 Å². The first-order chi connectivity index (χ1) is 15.5. The Kier molecular flexibility index (Phi) is 6.40. The van der Waals surface area contributed by atoms with Crippen molar-refractivity contribution in [2.45, 2.75) is 18.7 Å². The van der Waals surface area contributed by atoms with E-state index in [4.69, 9.17) is 4.74 Å². The number of nitrogens with zero attached hydrogens (tertiary/aromatic N) is 5. The molecule has 1 aromatic carbocycles. The summed E-state index contributed by atoms with van der Waals surface area (Å²) < 4.78 is 33.5. The summed E-state index contributed by atoms with van der Waals surface area (Å²) in [6, 6.07) is 10.7. The second-order valence-corrected chi connectivity index (χ2v) is 9.08. The third kappa shape index (κ3) is 4.91. The predicted molar refractivity (Wildman–Crippen MR) is 124 cm³/mol. The summed E-state index contributed by atoms with van der Waals surface area (Å²) in [6.45, 7) is 7.36. The maximum absolute atomic E-state index is 12.8. The van der Waals surface area contributed by atoms with Crippen LogP contribution in [0, 0.1) is 6.92 Å². The minimum Gasteiger partial charge on any atom is -0.494 e. The standard InChI is InChI=1S/C22H26N6O3S/c1-3-31-20-8-7-19(14-17(20)2)32(29,30)26-18-15-24-22(25-16-18)28-12-10-27(11-13-28)21-6-4-5-9-23-21/h4-9,14-16,26H,3,10-13H2,1-2H3. The zero-order valence-electron chi connectivity index (χ0n) is 18.1. The number of aromatic nitrogens is 3. The second kappa shape index (κ2) is 9.39. The van der Waals surface area contributed by atoms with Gasteiger partial charge in [0.25, 0.3) is 10.0 Å². The molecule has 32 heavy (non-hydrogen) atoms. The second-order valence-electron chi connectivity index (χ2n) is 7.40. The minimum atomic E-state index is -3.76. The van der Waals surface area contributed by atoms with Crippen LogP contribution in [0.4, 0.5) is 17.5 Å². The molecule has 1 saturated heterocycles. The van der Waals surface area contributed by atoms with Gasteiger partial charge in [0.2, 0.25) is 5.95 Å². The Morgan fingerprint density at radius 2 is 1.72 bits per heavy atom. The van der Waals surface area contributed by atoms with Gasteiger partial charge in [-0.2, -0.15) is 0 Å². The number of hydrogen-bond acceptors (Lipinski definition) is 8. The minimum absolute atomic E-state index is 0.160. The summed E-state index contributed by atoms with van der Waals surface area (Å²) in [7, 11) is -3.76. The maximum atomic E-state index is 12.8. The van der Waals surface area contributed by atoms with Gasteiger partial charge in [-0.15, -0.1) is 0 Å². The molecule has 0 aliphatic carbocycles. The monoisotopic (exact) mass is 454 g/mol. The van der Waals surface area contributed by atoms with E-state index in [9.17, 15) is 8.42 Å². The molecular formula is C22H26N6O3S. The number of nitrogens with one attached hydrogen (secondary N) is 1. The molecule has 3 aromatic rings. The zero-order chi connectivity index (χ0) is 22.6. The molecule has 4 rings (SSSR count). The summed E-state index contributed by atoms with van der Waals surface area (Å²) >= 11 is 0. The van der Waals surface area contributed by atoms with E-state index in [1.165, 1.54) is 18.5 Å². The number of hydrogen-bond donors (Lipinski definition) is 1. The van der Waals surface area contributed by atoms with Crippen molar-refractivity contribution in [3.63, 3.8) is 0 Å². The van der Waals surface area contributed by atoms with Gasteiger partial charge >= 0.3 is 0 Å². The average Bonchev–Trinajstić information content (AvgIpc) is 2.81. The first-order valence-electron chi connectivity index (χ1n) is 10.5. The lowest BCUT2D eigenvalue weighted by Gasteiger charge is -2.35. The van der Waals surface area contributed by atoms with E-state index in [0.29, 0.717) is 24.0 Å². The van der Waals surface area contributed by atoms with Gasteiger partial charge in [0, 0.05) is 32.4 Å². The largest absolute Gasteiger partial charge is 0.494 e. The maximum Gasteiger partial charge on any atom is 0.262 e. The Balaban J connectivity index is 1.39. The molecule has 1 aliphatic rings. The van der Waals surface area contributed by atoms with Crippen molar-refractivity contribution in [3.8, 4) is 5.75 Å². The van der Waals surface area contributed by atoms with Gasteiger partial charge in [-0.3, -0.25) is 4.72 Å². The van der Waals surface area contributed by atoms with Crippen LogP contribution in [0.25, 0.3) is 0 Å². The molecule has 2 aromatic heterocycles. The number of aryl methyl sites for hydroxylation is 1. The molecule has 10 heteroatoms. The number of pyridine rings is 1. The summed E-state index contributed by atoms with van der Waals surface area (Å²) in [6.07, 6.45) is 4.78. The van der Waals surface area contributed by atoms with E-state index >= 15 is 0 Å². The van der Waals surface area contributed by atoms with Crippen molar-refractivity contribution >= 4 is 27.5 Å². The van der Waals surface area contributed by atoms with Crippen LogP contribution in [-0.4, -0.2) is 56.2 Å². The van der Waals surface area contributed by atoms with Crippen LogP contribution < -0.4 is 19.3 Å². The van der Waals surface area contributed by atoms with E-state index in [-0.39, 0.29) is 4.90 Å². The Morgan fingerprint density at radius 3 is 2.34 bits per heavy atom. The number of rotatable bonds is 7. The molecule has 0 atom stereocenters. The van der Waals surface area contributed by atoms with Crippen LogP contribution in [0.2, 0.25) is 0 Å². The van der Waals surface area contributed by atoms with E-state index in [1.54, 1.807) is 18.3 Å². The lowest BCUT2D eigenvalue weighted by atomic mass is 10.2. The van der Waals surface area contributed by atoms with E-state index in [2.05, 4.69) is 29.5 Å². The molecule has 0 saturated carbocycles. The lowest BCUT2D eigenvalue weighted by molar-refractivity contribution is 0.337. The van der Waals surface area contributed by atoms with E-state index < -0.39 is 10.0 Å². The van der Waals surface area contributed by atoms with Crippen molar-refractivity contribution in [3.05, 3.63) is 60.6 Å². The highest BCUT2D eigenvalue weighted by molar-refractivity contribution is 7.92. The number of piperazine rings is 1. The normalized spacial score (nSPS) is 14.3. The van der Waals surface area contributed by atoms with Crippen LogP contribution in [0.5, 0.6) is 5.75 Å². The fraction of sp³-hybridized carbons (Fsp3) is 0.318. The Bertz CT molecular complexity index is 1150. The number of anilines is 3. The highest BCUT2D eigenvalue weighted by atomic mass is 32.2. The summed E-state index contributed by atoms with van der Waals surface area (Å²) in [5.41, 5.74) is 1.07. The predicted octanol–water partition coefficient (Wildman–Crippen LogP) is 2.71. The lowest BCUT2D eigenvalue weighted by Crippen LogP contribution is -2.47. The molecule has 1 N–H and O–H groups in total. The van der Waals surface area contributed by atoms with Crippen LogP contribution in [0.15, 0.2) is 59.9 Å². The summed E-state index contributed by atoms with van der Waals surface area (Å²) in [5.74, 6) is 2.20. The van der Waals surface area contributed by atoms with Gasteiger partial charge in [-0.05, 0) is 49.7 Å². The summed E-state index contributed by atoms with van der Waals surface area (Å²) in [4.78, 5) is 17.6. The first kappa shape index (κ1) is 21.8. The van der Waals surface area contributed by atoms with E-state index in [1.807, 2.05) is 32.0 Å². The first-order valence-corrected chi connectivity index (χ1v) is 11.9. The van der Waals surface area contributed by atoms with Crippen molar-refractivity contribution < 1.29 is 13.2 Å². The van der Waals surface area contributed by atoms with Gasteiger partial charge in [0.1, 0.15) is 11.6 Å². The van der Waals surface area contributed by atoms with Gasteiger partial charge in [-0.25, -0.2) is 23.4 Å². The Morgan fingerprint density at radius 1 is 1.00 bits per heavy atom. The van der Waals surface area contributed by atoms with Gasteiger partial charge in [-0.1, -0.05) is 6.07 Å².